The molecular weight excluding hydrogens is 300 g/mol. The largest absolute Gasteiger partial charge is 0.350 e. The number of hydrogen-bond acceptors (Lipinski definition) is 2. The van der Waals surface area contributed by atoms with Crippen LogP contribution < -0.4 is 10.6 Å². The molecule has 0 aromatic heterocycles. The van der Waals surface area contributed by atoms with Gasteiger partial charge in [0, 0.05) is 23.7 Å². The van der Waals surface area contributed by atoms with Crippen molar-refractivity contribution in [2.24, 2.45) is 0 Å². The zero-order valence-corrected chi connectivity index (χ0v) is 14.2. The standard InChI is InChI=1S/C20H24N2O2/c1-3-19(23)22-18-13-11-17(12-14-18)20(24)21-15(2)9-10-16-7-5-4-6-8-16/h4-8,11-15H,3,9-10H2,1-2H3,(H,21,24)(H,22,23)/t15-/m0/s1. The van der Waals surface area contributed by atoms with Gasteiger partial charge in [0.05, 0.1) is 0 Å². The van der Waals surface area contributed by atoms with Crippen molar-refractivity contribution in [3.8, 4) is 0 Å². The monoisotopic (exact) mass is 324 g/mol. The maximum Gasteiger partial charge on any atom is 0.251 e. The van der Waals surface area contributed by atoms with E-state index in [0.717, 1.165) is 12.8 Å². The highest BCUT2D eigenvalue weighted by Crippen LogP contribution is 2.11. The topological polar surface area (TPSA) is 58.2 Å². The van der Waals surface area contributed by atoms with Crippen LogP contribution in [-0.4, -0.2) is 17.9 Å². The van der Waals surface area contributed by atoms with E-state index >= 15 is 0 Å². The summed E-state index contributed by atoms with van der Waals surface area (Å²) in [5.74, 6) is -0.134. The molecule has 0 aliphatic carbocycles. The van der Waals surface area contributed by atoms with Crippen LogP contribution in [0.25, 0.3) is 0 Å². The molecule has 0 saturated heterocycles. The predicted molar refractivity (Wildman–Crippen MR) is 97.1 cm³/mol. The van der Waals surface area contributed by atoms with Gasteiger partial charge in [-0.25, -0.2) is 0 Å². The van der Waals surface area contributed by atoms with Crippen LogP contribution in [0.15, 0.2) is 54.6 Å². The summed E-state index contributed by atoms with van der Waals surface area (Å²) < 4.78 is 0. The molecule has 2 rings (SSSR count). The summed E-state index contributed by atoms with van der Waals surface area (Å²) in [6, 6.07) is 17.3. The van der Waals surface area contributed by atoms with Gasteiger partial charge in [-0.2, -0.15) is 0 Å². The van der Waals surface area contributed by atoms with E-state index in [2.05, 4.69) is 22.8 Å². The number of carbonyl (C=O) groups is 2. The van der Waals surface area contributed by atoms with E-state index in [0.29, 0.717) is 17.7 Å². The van der Waals surface area contributed by atoms with Gasteiger partial charge in [-0.1, -0.05) is 37.3 Å². The highest BCUT2D eigenvalue weighted by atomic mass is 16.2. The molecule has 4 heteroatoms. The molecule has 0 spiro atoms. The van der Waals surface area contributed by atoms with Crippen LogP contribution in [0.1, 0.15) is 42.6 Å². The molecule has 2 N–H and O–H groups in total. The number of nitrogens with one attached hydrogen (secondary N) is 2. The minimum atomic E-state index is -0.0936. The molecule has 0 heterocycles. The molecule has 0 radical (unpaired) electrons. The lowest BCUT2D eigenvalue weighted by molar-refractivity contribution is -0.115. The first-order valence-corrected chi connectivity index (χ1v) is 8.33. The summed E-state index contributed by atoms with van der Waals surface area (Å²) in [5, 5.41) is 5.78. The number of hydrogen-bond donors (Lipinski definition) is 2. The highest BCUT2D eigenvalue weighted by molar-refractivity contribution is 5.95. The van der Waals surface area contributed by atoms with Crippen LogP contribution in [0.2, 0.25) is 0 Å². The number of aryl methyl sites for hydroxylation is 1. The molecule has 0 aliphatic heterocycles. The van der Waals surface area contributed by atoms with Crippen LogP contribution in [-0.2, 0) is 11.2 Å². The van der Waals surface area contributed by atoms with Crippen LogP contribution in [0.3, 0.4) is 0 Å². The van der Waals surface area contributed by atoms with E-state index in [4.69, 9.17) is 0 Å². The van der Waals surface area contributed by atoms with Crippen molar-refractivity contribution >= 4 is 17.5 Å². The van der Waals surface area contributed by atoms with Gasteiger partial charge in [-0.15, -0.1) is 0 Å². The molecule has 0 unspecified atom stereocenters. The van der Waals surface area contributed by atoms with Crippen LogP contribution in [0.4, 0.5) is 5.69 Å². The van der Waals surface area contributed by atoms with E-state index in [9.17, 15) is 9.59 Å². The third-order valence-corrected chi connectivity index (χ3v) is 3.84. The van der Waals surface area contributed by atoms with Gasteiger partial charge in [-0.05, 0) is 49.6 Å². The summed E-state index contributed by atoms with van der Waals surface area (Å²) in [6.07, 6.45) is 2.26. The van der Waals surface area contributed by atoms with Crippen molar-refractivity contribution in [3.63, 3.8) is 0 Å². The van der Waals surface area contributed by atoms with Gasteiger partial charge in [-0.3, -0.25) is 9.59 Å². The van der Waals surface area contributed by atoms with Crippen LogP contribution >= 0.6 is 0 Å². The summed E-state index contributed by atoms with van der Waals surface area (Å²) in [7, 11) is 0. The minimum Gasteiger partial charge on any atom is -0.350 e. The third kappa shape index (κ3) is 5.54. The van der Waals surface area contributed by atoms with Crippen LogP contribution in [0, 0.1) is 0 Å². The summed E-state index contributed by atoms with van der Waals surface area (Å²) in [4.78, 5) is 23.6. The van der Waals surface area contributed by atoms with Gasteiger partial charge in [0.15, 0.2) is 0 Å². The lowest BCUT2D eigenvalue weighted by Gasteiger charge is -2.14. The molecule has 24 heavy (non-hydrogen) atoms. The summed E-state index contributed by atoms with van der Waals surface area (Å²) >= 11 is 0. The molecule has 0 saturated carbocycles. The Morgan fingerprint density at radius 3 is 2.29 bits per heavy atom. The lowest BCUT2D eigenvalue weighted by Crippen LogP contribution is -2.32. The van der Waals surface area contributed by atoms with Gasteiger partial charge in [0.25, 0.3) is 5.91 Å². The molecule has 2 aromatic rings. The normalized spacial score (nSPS) is 11.6. The first kappa shape index (κ1) is 17.7. The Balaban J connectivity index is 1.83. The van der Waals surface area contributed by atoms with E-state index in [1.54, 1.807) is 31.2 Å². The molecule has 4 nitrogen and oxygen atoms in total. The SMILES string of the molecule is CCC(=O)Nc1ccc(C(=O)N[C@@H](C)CCc2ccccc2)cc1. The second kappa shape index (κ2) is 8.87. The van der Waals surface area contributed by atoms with E-state index in [-0.39, 0.29) is 17.9 Å². The zero-order valence-electron chi connectivity index (χ0n) is 14.2. The fourth-order valence-corrected chi connectivity index (χ4v) is 2.36. The Bertz CT molecular complexity index is 666. The fourth-order valence-electron chi connectivity index (χ4n) is 2.36. The lowest BCUT2D eigenvalue weighted by atomic mass is 10.1. The van der Waals surface area contributed by atoms with Gasteiger partial charge >= 0.3 is 0 Å². The Kier molecular flexibility index (Phi) is 6.55. The van der Waals surface area contributed by atoms with Gasteiger partial charge < -0.3 is 10.6 Å². The predicted octanol–water partition coefficient (Wildman–Crippen LogP) is 3.79. The zero-order chi connectivity index (χ0) is 17.4. The Labute approximate surface area is 143 Å². The first-order chi connectivity index (χ1) is 11.6. The Morgan fingerprint density at radius 1 is 1.00 bits per heavy atom. The third-order valence-electron chi connectivity index (χ3n) is 3.84. The molecule has 0 aliphatic rings. The number of anilines is 1. The second-order valence-corrected chi connectivity index (χ2v) is 5.88. The molecule has 0 bridgehead atoms. The molecular formula is C20H24N2O2. The average molecular weight is 324 g/mol. The second-order valence-electron chi connectivity index (χ2n) is 5.88. The van der Waals surface area contributed by atoms with Crippen molar-refractivity contribution < 1.29 is 9.59 Å². The molecule has 126 valence electrons. The van der Waals surface area contributed by atoms with E-state index in [1.807, 2.05) is 25.1 Å². The van der Waals surface area contributed by atoms with Crippen molar-refractivity contribution in [2.75, 3.05) is 5.32 Å². The Hall–Kier alpha value is -2.62. The minimum absolute atomic E-state index is 0.0401. The van der Waals surface area contributed by atoms with E-state index < -0.39 is 0 Å². The van der Waals surface area contributed by atoms with Crippen LogP contribution in [0.5, 0.6) is 0 Å². The Morgan fingerprint density at radius 2 is 1.67 bits per heavy atom. The highest BCUT2D eigenvalue weighted by Gasteiger charge is 2.10. The molecule has 2 aromatic carbocycles. The van der Waals surface area contributed by atoms with Crippen molar-refractivity contribution in [3.05, 3.63) is 65.7 Å². The van der Waals surface area contributed by atoms with Crippen molar-refractivity contribution in [1.29, 1.82) is 0 Å². The smallest absolute Gasteiger partial charge is 0.251 e. The van der Waals surface area contributed by atoms with Gasteiger partial charge in [0.2, 0.25) is 5.91 Å². The number of benzene rings is 2. The fraction of sp³-hybridized carbons (Fsp3) is 0.300. The number of rotatable bonds is 7. The maximum atomic E-state index is 12.3. The summed E-state index contributed by atoms with van der Waals surface area (Å²) in [6.45, 7) is 3.81. The quantitative estimate of drug-likeness (QED) is 0.814. The molecule has 2 amide bonds. The number of amides is 2. The van der Waals surface area contributed by atoms with Crippen molar-refractivity contribution in [1.82, 2.24) is 5.32 Å². The summed E-state index contributed by atoms with van der Waals surface area (Å²) in [5.41, 5.74) is 2.57. The van der Waals surface area contributed by atoms with Crippen molar-refractivity contribution in [2.45, 2.75) is 39.2 Å². The van der Waals surface area contributed by atoms with Gasteiger partial charge in [0.1, 0.15) is 0 Å². The first-order valence-electron chi connectivity index (χ1n) is 8.33. The number of carbonyl (C=O) groups excluding carboxylic acids is 2. The molecule has 0 fully saturated rings. The maximum absolute atomic E-state index is 12.3. The molecule has 1 atom stereocenters. The van der Waals surface area contributed by atoms with E-state index in [1.165, 1.54) is 5.56 Å². The average Bonchev–Trinajstić information content (AvgIpc) is 2.61.